The van der Waals surface area contributed by atoms with Gasteiger partial charge in [0.1, 0.15) is 0 Å². The van der Waals surface area contributed by atoms with Gasteiger partial charge >= 0.3 is 0 Å². The predicted octanol–water partition coefficient (Wildman–Crippen LogP) is 3.39. The number of thioether (sulfide) groups is 1. The first-order valence-electron chi connectivity index (χ1n) is 10.4. The lowest BCUT2D eigenvalue weighted by atomic mass is 10.1. The molecule has 176 valence electrons. The number of amides is 3. The number of rotatable bonds is 8. The summed E-state index contributed by atoms with van der Waals surface area (Å²) in [6.07, 6.45) is 1.90. The summed E-state index contributed by atoms with van der Waals surface area (Å²) >= 11 is 1.08. The molecule has 11 heteroatoms. The SMILES string of the molecule is O=C(CSc1cc(C(=O)NC2CC2)c2ccccc2n1)NCC(=O)Nc1ccc(F)c(F)c1F. The zero-order valence-corrected chi connectivity index (χ0v) is 18.5. The normalized spacial score (nSPS) is 12.9. The van der Waals surface area contributed by atoms with Crippen LogP contribution in [0.3, 0.4) is 0 Å². The monoisotopic (exact) mass is 488 g/mol. The standard InChI is InChI=1S/C23H19F3N4O3S/c24-15-7-8-17(22(26)21(15)25)29-18(31)10-27-19(32)11-34-20-9-14(23(33)28-12-5-6-12)13-3-1-2-4-16(13)30-20/h1-4,7-9,12H,5-6,10-11H2,(H,27,32)(H,28,33)(H,29,31). The van der Waals surface area contributed by atoms with E-state index < -0.39 is 41.5 Å². The minimum Gasteiger partial charge on any atom is -0.349 e. The molecule has 3 N–H and O–H groups in total. The van der Waals surface area contributed by atoms with E-state index in [1.54, 1.807) is 24.3 Å². The number of hydrogen-bond acceptors (Lipinski definition) is 5. The van der Waals surface area contributed by atoms with Crippen molar-refractivity contribution >= 4 is 46.1 Å². The molecule has 2 aromatic carbocycles. The number of fused-ring (bicyclic) bond motifs is 1. The lowest BCUT2D eigenvalue weighted by Crippen LogP contribution is -2.34. The second-order valence-corrected chi connectivity index (χ2v) is 8.61. The Morgan fingerprint density at radius 2 is 1.76 bits per heavy atom. The van der Waals surface area contributed by atoms with E-state index in [1.165, 1.54) is 0 Å². The van der Waals surface area contributed by atoms with Crippen LogP contribution >= 0.6 is 11.8 Å². The molecule has 1 aliphatic carbocycles. The van der Waals surface area contributed by atoms with E-state index in [4.69, 9.17) is 0 Å². The van der Waals surface area contributed by atoms with Crippen molar-refractivity contribution in [1.29, 1.82) is 0 Å². The number of pyridine rings is 1. The number of nitrogens with one attached hydrogen (secondary N) is 3. The first kappa shape index (κ1) is 23.6. The second kappa shape index (κ2) is 10.1. The Balaban J connectivity index is 1.34. The fourth-order valence-corrected chi connectivity index (χ4v) is 3.84. The van der Waals surface area contributed by atoms with E-state index in [-0.39, 0.29) is 17.7 Å². The van der Waals surface area contributed by atoms with E-state index in [2.05, 4.69) is 20.9 Å². The summed E-state index contributed by atoms with van der Waals surface area (Å²) in [7, 11) is 0. The molecule has 7 nitrogen and oxygen atoms in total. The molecule has 0 spiro atoms. The van der Waals surface area contributed by atoms with Crippen LogP contribution in [0, 0.1) is 17.5 Å². The van der Waals surface area contributed by atoms with Crippen molar-refractivity contribution in [1.82, 2.24) is 15.6 Å². The molecule has 1 aromatic heterocycles. The molecule has 1 heterocycles. The Hall–Kier alpha value is -3.60. The van der Waals surface area contributed by atoms with Crippen LogP contribution in [0.4, 0.5) is 18.9 Å². The third kappa shape index (κ3) is 5.66. The molecule has 3 amide bonds. The maximum Gasteiger partial charge on any atom is 0.252 e. The highest BCUT2D eigenvalue weighted by molar-refractivity contribution is 7.99. The Labute approximate surface area is 196 Å². The summed E-state index contributed by atoms with van der Waals surface area (Å²) in [6, 6.07) is 10.6. The fraction of sp³-hybridized carbons (Fsp3) is 0.217. The van der Waals surface area contributed by atoms with Crippen LogP contribution in [0.25, 0.3) is 10.9 Å². The number of carbonyl (C=O) groups excluding carboxylic acids is 3. The van der Waals surface area contributed by atoms with Gasteiger partial charge in [0.15, 0.2) is 17.5 Å². The summed E-state index contributed by atoms with van der Waals surface area (Å²) in [4.78, 5) is 41.2. The quantitative estimate of drug-likeness (QED) is 0.334. The lowest BCUT2D eigenvalue weighted by Gasteiger charge is -2.10. The van der Waals surface area contributed by atoms with Crippen LogP contribution in [0.5, 0.6) is 0 Å². The molecular weight excluding hydrogens is 469 g/mol. The maximum atomic E-state index is 13.6. The number of hydrogen-bond donors (Lipinski definition) is 3. The minimum absolute atomic E-state index is 0.0954. The van der Waals surface area contributed by atoms with Crippen LogP contribution in [0.1, 0.15) is 23.2 Å². The van der Waals surface area contributed by atoms with E-state index in [9.17, 15) is 27.6 Å². The van der Waals surface area contributed by atoms with Crippen molar-refractivity contribution in [2.75, 3.05) is 17.6 Å². The number of nitrogens with zero attached hydrogens (tertiary/aromatic N) is 1. The van der Waals surface area contributed by atoms with Gasteiger partial charge < -0.3 is 16.0 Å². The summed E-state index contributed by atoms with van der Waals surface area (Å²) in [6.45, 7) is -0.502. The van der Waals surface area contributed by atoms with Crippen molar-refractivity contribution < 1.29 is 27.6 Å². The second-order valence-electron chi connectivity index (χ2n) is 7.61. The highest BCUT2D eigenvalue weighted by atomic mass is 32.2. The van der Waals surface area contributed by atoms with Crippen molar-refractivity contribution in [2.24, 2.45) is 0 Å². The first-order chi connectivity index (χ1) is 16.3. The average Bonchev–Trinajstić information content (AvgIpc) is 3.65. The van der Waals surface area contributed by atoms with E-state index in [1.807, 2.05) is 6.07 Å². The van der Waals surface area contributed by atoms with Gasteiger partial charge in [0.05, 0.1) is 34.1 Å². The molecule has 4 rings (SSSR count). The van der Waals surface area contributed by atoms with Crippen molar-refractivity contribution in [3.05, 3.63) is 65.5 Å². The molecule has 1 fully saturated rings. The number of carbonyl (C=O) groups is 3. The van der Waals surface area contributed by atoms with Gasteiger partial charge in [-0.2, -0.15) is 0 Å². The molecule has 0 saturated heterocycles. The maximum absolute atomic E-state index is 13.6. The fourth-order valence-electron chi connectivity index (χ4n) is 3.09. The average molecular weight is 488 g/mol. The van der Waals surface area contributed by atoms with Gasteiger partial charge in [-0.1, -0.05) is 30.0 Å². The number of aromatic nitrogens is 1. The van der Waals surface area contributed by atoms with Gasteiger partial charge in [0, 0.05) is 11.4 Å². The van der Waals surface area contributed by atoms with Crippen LogP contribution in [-0.2, 0) is 9.59 Å². The Kier molecular flexibility index (Phi) is 7.01. The summed E-state index contributed by atoms with van der Waals surface area (Å²) in [5, 5.41) is 8.54. The third-order valence-electron chi connectivity index (χ3n) is 4.96. The van der Waals surface area contributed by atoms with Crippen molar-refractivity contribution in [3.8, 4) is 0 Å². The molecule has 1 aliphatic rings. The highest BCUT2D eigenvalue weighted by Gasteiger charge is 2.25. The molecule has 0 aliphatic heterocycles. The van der Waals surface area contributed by atoms with Crippen molar-refractivity contribution in [3.63, 3.8) is 0 Å². The first-order valence-corrected chi connectivity index (χ1v) is 11.3. The molecule has 1 saturated carbocycles. The van der Waals surface area contributed by atoms with Crippen LogP contribution in [0.2, 0.25) is 0 Å². The summed E-state index contributed by atoms with van der Waals surface area (Å²) < 4.78 is 39.9. The molecular formula is C23H19F3N4O3S. The molecule has 0 bridgehead atoms. The highest BCUT2D eigenvalue weighted by Crippen LogP contribution is 2.26. The van der Waals surface area contributed by atoms with Gasteiger partial charge in [-0.25, -0.2) is 18.2 Å². The van der Waals surface area contributed by atoms with Crippen LogP contribution in [0.15, 0.2) is 47.5 Å². The zero-order chi connectivity index (χ0) is 24.2. The number of anilines is 1. The summed E-state index contributed by atoms with van der Waals surface area (Å²) in [5.41, 5.74) is 0.542. The van der Waals surface area contributed by atoms with Crippen LogP contribution < -0.4 is 16.0 Å². The predicted molar refractivity (Wildman–Crippen MR) is 121 cm³/mol. The van der Waals surface area contributed by atoms with E-state index in [0.29, 0.717) is 27.6 Å². The van der Waals surface area contributed by atoms with E-state index >= 15 is 0 Å². The minimum atomic E-state index is -1.70. The number of halogens is 3. The Morgan fingerprint density at radius 1 is 1.00 bits per heavy atom. The molecule has 0 unspecified atom stereocenters. The topological polar surface area (TPSA) is 100 Å². The van der Waals surface area contributed by atoms with Gasteiger partial charge in [-0.3, -0.25) is 14.4 Å². The smallest absolute Gasteiger partial charge is 0.252 e. The molecule has 0 atom stereocenters. The van der Waals surface area contributed by atoms with Gasteiger partial charge in [0.25, 0.3) is 5.91 Å². The Morgan fingerprint density at radius 3 is 2.53 bits per heavy atom. The number of para-hydroxylation sites is 1. The van der Waals surface area contributed by atoms with Gasteiger partial charge in [0.2, 0.25) is 11.8 Å². The number of benzene rings is 2. The molecule has 0 radical (unpaired) electrons. The Bertz CT molecular complexity index is 1280. The van der Waals surface area contributed by atoms with Crippen molar-refractivity contribution in [2.45, 2.75) is 23.9 Å². The van der Waals surface area contributed by atoms with Gasteiger partial charge in [-0.05, 0) is 37.1 Å². The molecule has 3 aromatic rings. The largest absolute Gasteiger partial charge is 0.349 e. The van der Waals surface area contributed by atoms with Gasteiger partial charge in [-0.15, -0.1) is 0 Å². The van der Waals surface area contributed by atoms with Crippen LogP contribution in [-0.4, -0.2) is 41.0 Å². The third-order valence-corrected chi connectivity index (χ3v) is 5.87. The zero-order valence-electron chi connectivity index (χ0n) is 17.7. The van der Waals surface area contributed by atoms with E-state index in [0.717, 1.165) is 30.7 Å². The summed E-state index contributed by atoms with van der Waals surface area (Å²) in [5.74, 6) is -6.23. The molecule has 34 heavy (non-hydrogen) atoms. The lowest BCUT2D eigenvalue weighted by molar-refractivity contribution is -0.122.